The van der Waals surface area contributed by atoms with Crippen LogP contribution in [-0.4, -0.2) is 9.78 Å². The van der Waals surface area contributed by atoms with E-state index in [-0.39, 0.29) is 6.04 Å². The minimum absolute atomic E-state index is 0.0882. The molecule has 0 bridgehead atoms. The maximum absolute atomic E-state index is 5.76. The molecule has 4 heteroatoms. The largest absolute Gasteiger partial charge is 0.271 e. The van der Waals surface area contributed by atoms with Crippen molar-refractivity contribution in [2.75, 3.05) is 0 Å². The summed E-state index contributed by atoms with van der Waals surface area (Å²) >= 11 is 0. The van der Waals surface area contributed by atoms with Crippen molar-refractivity contribution in [1.29, 1.82) is 0 Å². The van der Waals surface area contributed by atoms with Crippen LogP contribution in [0.1, 0.15) is 41.8 Å². The summed E-state index contributed by atoms with van der Waals surface area (Å²) in [6, 6.07) is 8.76. The van der Waals surface area contributed by atoms with Crippen LogP contribution in [0.3, 0.4) is 0 Å². The Morgan fingerprint density at radius 1 is 1.25 bits per heavy atom. The zero-order chi connectivity index (χ0) is 14.5. The fourth-order valence-electron chi connectivity index (χ4n) is 2.71. The Morgan fingerprint density at radius 3 is 2.55 bits per heavy atom. The second kappa shape index (κ2) is 6.68. The molecule has 0 amide bonds. The molecule has 0 saturated carbocycles. The smallest absolute Gasteiger partial charge is 0.0669 e. The van der Waals surface area contributed by atoms with Crippen molar-refractivity contribution in [3.8, 4) is 0 Å². The van der Waals surface area contributed by atoms with Crippen LogP contribution in [0, 0.1) is 13.8 Å². The van der Waals surface area contributed by atoms with Crippen molar-refractivity contribution < 1.29 is 0 Å². The van der Waals surface area contributed by atoms with Crippen molar-refractivity contribution in [3.63, 3.8) is 0 Å². The highest BCUT2D eigenvalue weighted by Gasteiger charge is 2.15. The van der Waals surface area contributed by atoms with Crippen molar-refractivity contribution in [1.82, 2.24) is 15.2 Å². The lowest BCUT2D eigenvalue weighted by molar-refractivity contribution is 0.478. The number of hydrazine groups is 1. The van der Waals surface area contributed by atoms with Gasteiger partial charge in [0.05, 0.1) is 11.7 Å². The molecule has 2 rings (SSSR count). The summed E-state index contributed by atoms with van der Waals surface area (Å²) in [5.41, 5.74) is 7.96. The Morgan fingerprint density at radius 2 is 1.95 bits per heavy atom. The molecule has 1 aromatic heterocycles. The molecule has 2 aromatic rings. The third-order valence-corrected chi connectivity index (χ3v) is 3.46. The van der Waals surface area contributed by atoms with E-state index in [4.69, 9.17) is 5.84 Å². The van der Waals surface area contributed by atoms with E-state index >= 15 is 0 Å². The number of nitrogens with two attached hydrogens (primary N) is 1. The normalized spacial score (nSPS) is 12.6. The number of hydrogen-bond donors (Lipinski definition) is 2. The first kappa shape index (κ1) is 14.8. The summed E-state index contributed by atoms with van der Waals surface area (Å²) in [6.07, 6.45) is 3.78. The predicted octanol–water partition coefficient (Wildman–Crippen LogP) is 2.66. The van der Waals surface area contributed by atoms with Gasteiger partial charge in [-0.25, -0.2) is 0 Å². The maximum atomic E-state index is 5.76. The Balaban J connectivity index is 2.21. The van der Waals surface area contributed by atoms with Crippen molar-refractivity contribution in [2.45, 2.75) is 46.2 Å². The maximum Gasteiger partial charge on any atom is 0.0669 e. The Bertz CT molecular complexity index is 539. The van der Waals surface area contributed by atoms with Gasteiger partial charge in [-0.05, 0) is 38.3 Å². The van der Waals surface area contributed by atoms with Gasteiger partial charge >= 0.3 is 0 Å². The molecular formula is C16H24N4. The van der Waals surface area contributed by atoms with Gasteiger partial charge in [-0.3, -0.25) is 16.0 Å². The van der Waals surface area contributed by atoms with E-state index in [9.17, 15) is 0 Å². The standard InChI is InChI=1S/C16H24N4/c1-4-7-20-16(5-6-18-20)15(19-17)11-14-9-12(2)8-13(3)10-14/h5-6,8-10,15,19H,4,7,11,17H2,1-3H3. The lowest BCUT2D eigenvalue weighted by Crippen LogP contribution is -2.31. The second-order valence-electron chi connectivity index (χ2n) is 5.40. The van der Waals surface area contributed by atoms with Crippen LogP contribution in [0.4, 0.5) is 0 Å². The van der Waals surface area contributed by atoms with E-state index in [2.05, 4.69) is 49.5 Å². The number of aryl methyl sites for hydroxylation is 3. The summed E-state index contributed by atoms with van der Waals surface area (Å²) in [5.74, 6) is 5.76. The molecule has 1 atom stereocenters. The molecule has 0 aliphatic heterocycles. The highest BCUT2D eigenvalue weighted by atomic mass is 15.3. The van der Waals surface area contributed by atoms with Gasteiger partial charge in [0, 0.05) is 12.7 Å². The fraction of sp³-hybridized carbons (Fsp3) is 0.438. The first-order valence-electron chi connectivity index (χ1n) is 7.19. The van der Waals surface area contributed by atoms with Crippen molar-refractivity contribution in [2.24, 2.45) is 5.84 Å². The molecule has 1 unspecified atom stereocenters. The van der Waals surface area contributed by atoms with Crippen LogP contribution in [-0.2, 0) is 13.0 Å². The lowest BCUT2D eigenvalue weighted by Gasteiger charge is -2.18. The van der Waals surface area contributed by atoms with Gasteiger partial charge in [0.2, 0.25) is 0 Å². The van der Waals surface area contributed by atoms with Crippen LogP contribution in [0.5, 0.6) is 0 Å². The molecular weight excluding hydrogens is 248 g/mol. The number of nitrogens with zero attached hydrogens (tertiary/aromatic N) is 2. The molecule has 0 aliphatic rings. The van der Waals surface area contributed by atoms with E-state index in [1.165, 1.54) is 16.7 Å². The van der Waals surface area contributed by atoms with E-state index in [0.29, 0.717) is 0 Å². The van der Waals surface area contributed by atoms with Crippen LogP contribution in [0.2, 0.25) is 0 Å². The number of nitrogens with one attached hydrogen (secondary N) is 1. The van der Waals surface area contributed by atoms with Gasteiger partial charge < -0.3 is 0 Å². The molecule has 0 saturated heterocycles. The molecule has 4 nitrogen and oxygen atoms in total. The Labute approximate surface area is 121 Å². The minimum Gasteiger partial charge on any atom is -0.271 e. The first-order chi connectivity index (χ1) is 9.63. The minimum atomic E-state index is 0.0882. The first-order valence-corrected chi connectivity index (χ1v) is 7.19. The van der Waals surface area contributed by atoms with Crippen LogP contribution < -0.4 is 11.3 Å². The van der Waals surface area contributed by atoms with E-state index in [1.54, 1.807) is 0 Å². The zero-order valence-electron chi connectivity index (χ0n) is 12.6. The monoisotopic (exact) mass is 272 g/mol. The Kier molecular flexibility index (Phi) is 4.93. The zero-order valence-corrected chi connectivity index (χ0v) is 12.6. The van der Waals surface area contributed by atoms with Crippen molar-refractivity contribution >= 4 is 0 Å². The highest BCUT2D eigenvalue weighted by molar-refractivity contribution is 5.29. The number of aromatic nitrogens is 2. The molecule has 1 heterocycles. The van der Waals surface area contributed by atoms with E-state index in [0.717, 1.165) is 25.1 Å². The van der Waals surface area contributed by atoms with Crippen molar-refractivity contribution in [3.05, 3.63) is 52.8 Å². The average Bonchev–Trinajstić information content (AvgIpc) is 2.83. The summed E-state index contributed by atoms with van der Waals surface area (Å²) in [4.78, 5) is 0. The van der Waals surface area contributed by atoms with Crippen LogP contribution in [0.25, 0.3) is 0 Å². The third kappa shape index (κ3) is 3.46. The SMILES string of the molecule is CCCn1nccc1C(Cc1cc(C)cc(C)c1)NN. The predicted molar refractivity (Wildman–Crippen MR) is 82.2 cm³/mol. The second-order valence-corrected chi connectivity index (χ2v) is 5.40. The van der Waals surface area contributed by atoms with Gasteiger partial charge in [-0.15, -0.1) is 0 Å². The molecule has 0 fully saturated rings. The van der Waals surface area contributed by atoms with Gasteiger partial charge in [0.25, 0.3) is 0 Å². The fourth-order valence-corrected chi connectivity index (χ4v) is 2.71. The number of rotatable bonds is 6. The van der Waals surface area contributed by atoms with E-state index < -0.39 is 0 Å². The van der Waals surface area contributed by atoms with Gasteiger partial charge in [-0.1, -0.05) is 36.2 Å². The summed E-state index contributed by atoms with van der Waals surface area (Å²) in [5, 5.41) is 4.37. The van der Waals surface area contributed by atoms with Crippen LogP contribution in [0.15, 0.2) is 30.5 Å². The van der Waals surface area contributed by atoms with Gasteiger partial charge in [0.1, 0.15) is 0 Å². The third-order valence-electron chi connectivity index (χ3n) is 3.46. The topological polar surface area (TPSA) is 55.9 Å². The molecule has 0 spiro atoms. The number of hydrogen-bond acceptors (Lipinski definition) is 3. The Hall–Kier alpha value is -1.65. The highest BCUT2D eigenvalue weighted by Crippen LogP contribution is 2.19. The van der Waals surface area contributed by atoms with Gasteiger partial charge in [-0.2, -0.15) is 5.10 Å². The molecule has 20 heavy (non-hydrogen) atoms. The van der Waals surface area contributed by atoms with Crippen LogP contribution >= 0.6 is 0 Å². The average molecular weight is 272 g/mol. The number of benzene rings is 1. The molecule has 0 radical (unpaired) electrons. The lowest BCUT2D eigenvalue weighted by atomic mass is 10.00. The summed E-state index contributed by atoms with van der Waals surface area (Å²) < 4.78 is 2.03. The molecule has 3 N–H and O–H groups in total. The van der Waals surface area contributed by atoms with E-state index in [1.807, 2.05) is 16.9 Å². The summed E-state index contributed by atoms with van der Waals surface area (Å²) in [7, 11) is 0. The quantitative estimate of drug-likeness (QED) is 0.628. The molecule has 108 valence electrons. The van der Waals surface area contributed by atoms with Gasteiger partial charge in [0.15, 0.2) is 0 Å². The summed E-state index contributed by atoms with van der Waals surface area (Å²) in [6.45, 7) is 7.33. The molecule has 1 aromatic carbocycles. The molecule has 0 aliphatic carbocycles.